The number of allylic oxidation sites excluding steroid dienone is 1. The average molecular weight is 463 g/mol. The average Bonchev–Trinajstić information content (AvgIpc) is 2.83. The van der Waals surface area contributed by atoms with Crippen molar-refractivity contribution in [2.75, 3.05) is 13.7 Å². The topological polar surface area (TPSA) is 47.9 Å². The van der Waals surface area contributed by atoms with Crippen LogP contribution in [0.5, 0.6) is 5.75 Å². The summed E-state index contributed by atoms with van der Waals surface area (Å²) < 4.78 is 17.5. The molecule has 4 aliphatic rings. The number of ether oxygens (including phenoxy) is 3. The third-order valence-corrected chi connectivity index (χ3v) is 8.31. The molecule has 1 atom stereocenters. The van der Waals surface area contributed by atoms with Gasteiger partial charge in [-0.05, 0) is 110 Å². The normalized spacial score (nSPS) is 28.8. The van der Waals surface area contributed by atoms with Crippen LogP contribution in [-0.2, 0) is 21.5 Å². The highest BCUT2D eigenvalue weighted by Crippen LogP contribution is 2.62. The van der Waals surface area contributed by atoms with Gasteiger partial charge in [-0.15, -0.1) is 0 Å². The highest BCUT2D eigenvalue weighted by Gasteiger charge is 2.52. The summed E-state index contributed by atoms with van der Waals surface area (Å²) in [4.78, 5) is 0. The number of aliphatic hydroxyl groups is 1. The van der Waals surface area contributed by atoms with Gasteiger partial charge in [-0.2, -0.15) is 0 Å². The number of hydrogen-bond donors (Lipinski definition) is 1. The van der Waals surface area contributed by atoms with Gasteiger partial charge >= 0.3 is 6.48 Å². The first-order valence-corrected chi connectivity index (χ1v) is 12.9. The molecule has 0 aromatic heterocycles. The smallest absolute Gasteiger partial charge is 0.315 e. The van der Waals surface area contributed by atoms with E-state index in [1.54, 1.807) is 7.11 Å². The van der Waals surface area contributed by atoms with Crippen molar-refractivity contribution in [3.63, 3.8) is 0 Å². The summed E-state index contributed by atoms with van der Waals surface area (Å²) in [6.07, 6.45) is 10.3. The number of rotatable bonds is 9. The molecule has 4 bridgehead atoms. The number of hydrogen-bond acceptors (Lipinski definition) is 4. The van der Waals surface area contributed by atoms with Crippen molar-refractivity contribution in [3.8, 4) is 5.75 Å². The Bertz CT molecular complexity index is 987. The molecule has 4 fully saturated rings. The first kappa shape index (κ1) is 23.6. The van der Waals surface area contributed by atoms with Crippen LogP contribution in [-0.4, -0.2) is 25.3 Å². The maximum absolute atomic E-state index is 9.33. The minimum absolute atomic E-state index is 0.0725. The van der Waals surface area contributed by atoms with E-state index in [1.807, 2.05) is 19.1 Å². The van der Waals surface area contributed by atoms with Crippen molar-refractivity contribution in [3.05, 3.63) is 64.7 Å². The zero-order chi connectivity index (χ0) is 23.7. The standard InChI is InChI=1S/C30H38O4/c1-4-33-29(32-3)34-28-10-9-26(20(2)11-21-5-7-22(19-31)8-6-21)15-27(28)30-16-23-12-24(17-30)14-25(13-23)18-30/h5-11,15,23-25,29,31H,4,12-14,16-19H2,1-3H3/b20-11+. The molecule has 2 aromatic carbocycles. The summed E-state index contributed by atoms with van der Waals surface area (Å²) in [5, 5.41) is 9.33. The Morgan fingerprint density at radius 3 is 2.24 bits per heavy atom. The van der Waals surface area contributed by atoms with Crippen molar-refractivity contribution >= 4 is 11.6 Å². The van der Waals surface area contributed by atoms with Crippen LogP contribution < -0.4 is 4.74 Å². The van der Waals surface area contributed by atoms with Gasteiger partial charge in [-0.1, -0.05) is 36.4 Å². The van der Waals surface area contributed by atoms with Crippen molar-refractivity contribution < 1.29 is 19.3 Å². The molecule has 1 unspecified atom stereocenters. The van der Waals surface area contributed by atoms with E-state index in [2.05, 4.69) is 43.3 Å². The minimum atomic E-state index is -0.690. The molecule has 0 aliphatic heterocycles. The molecule has 1 N–H and O–H groups in total. The summed E-state index contributed by atoms with van der Waals surface area (Å²) in [6.45, 7) is 4.06. The lowest BCUT2D eigenvalue weighted by Crippen LogP contribution is -2.48. The van der Waals surface area contributed by atoms with E-state index in [1.165, 1.54) is 55.2 Å². The van der Waals surface area contributed by atoms with E-state index in [-0.39, 0.29) is 12.0 Å². The summed E-state index contributed by atoms with van der Waals surface area (Å²) >= 11 is 0. The van der Waals surface area contributed by atoms with Gasteiger partial charge < -0.3 is 19.3 Å². The number of methoxy groups -OCH3 is 1. The van der Waals surface area contributed by atoms with Gasteiger partial charge in [0.05, 0.1) is 13.2 Å². The Labute approximate surface area is 203 Å². The lowest BCUT2D eigenvalue weighted by Gasteiger charge is -2.57. The van der Waals surface area contributed by atoms with Gasteiger partial charge in [-0.3, -0.25) is 0 Å². The van der Waals surface area contributed by atoms with E-state index in [0.717, 1.165) is 34.6 Å². The molecule has 0 heterocycles. The molecule has 182 valence electrons. The van der Waals surface area contributed by atoms with Gasteiger partial charge in [0.2, 0.25) is 0 Å². The maximum Gasteiger partial charge on any atom is 0.315 e. The quantitative estimate of drug-likeness (QED) is 0.339. The van der Waals surface area contributed by atoms with E-state index in [0.29, 0.717) is 6.61 Å². The zero-order valence-corrected chi connectivity index (χ0v) is 20.8. The van der Waals surface area contributed by atoms with E-state index in [4.69, 9.17) is 14.2 Å². The van der Waals surface area contributed by atoms with Crippen LogP contribution in [0.3, 0.4) is 0 Å². The fourth-order valence-electron chi connectivity index (χ4n) is 7.18. The van der Waals surface area contributed by atoms with Crippen LogP contribution in [0.1, 0.15) is 74.6 Å². The van der Waals surface area contributed by atoms with Gasteiger partial charge in [0.1, 0.15) is 5.75 Å². The second-order valence-electron chi connectivity index (χ2n) is 10.7. The van der Waals surface area contributed by atoms with E-state index >= 15 is 0 Å². The van der Waals surface area contributed by atoms with E-state index in [9.17, 15) is 5.11 Å². The van der Waals surface area contributed by atoms with Crippen molar-refractivity contribution in [1.82, 2.24) is 0 Å². The molecule has 2 aromatic rings. The third-order valence-electron chi connectivity index (χ3n) is 8.31. The van der Waals surface area contributed by atoms with Crippen molar-refractivity contribution in [2.45, 2.75) is 70.9 Å². The van der Waals surface area contributed by atoms with Crippen LogP contribution in [0.2, 0.25) is 0 Å². The second kappa shape index (κ2) is 9.85. The van der Waals surface area contributed by atoms with Gasteiger partial charge in [0.25, 0.3) is 0 Å². The Morgan fingerprint density at radius 1 is 1.03 bits per heavy atom. The molecule has 34 heavy (non-hydrogen) atoms. The summed E-state index contributed by atoms with van der Waals surface area (Å²) in [6, 6.07) is 14.8. The first-order chi connectivity index (χ1) is 16.5. The largest absolute Gasteiger partial charge is 0.441 e. The summed E-state index contributed by atoms with van der Waals surface area (Å²) in [7, 11) is 1.63. The Kier molecular flexibility index (Phi) is 6.83. The van der Waals surface area contributed by atoms with Crippen LogP contribution in [0.4, 0.5) is 0 Å². The van der Waals surface area contributed by atoms with Crippen LogP contribution in [0, 0.1) is 17.8 Å². The maximum atomic E-state index is 9.33. The fraction of sp³-hybridized carbons (Fsp3) is 0.533. The van der Waals surface area contributed by atoms with Crippen LogP contribution in [0.15, 0.2) is 42.5 Å². The number of benzene rings is 2. The Hall–Kier alpha value is -2.14. The number of aliphatic hydroxyl groups excluding tert-OH is 1. The van der Waals surface area contributed by atoms with Gasteiger partial charge in [0, 0.05) is 12.7 Å². The molecule has 0 radical (unpaired) electrons. The SMILES string of the molecule is CCOC(OC)Oc1ccc(/C(C)=C/c2ccc(CO)cc2)cc1C12CC3CC(CC(C3)C1)C2. The minimum Gasteiger partial charge on any atom is -0.441 e. The molecule has 4 heteroatoms. The molecule has 4 saturated carbocycles. The predicted octanol–water partition coefficient (Wildman–Crippen LogP) is 6.55. The third kappa shape index (κ3) is 4.68. The monoisotopic (exact) mass is 462 g/mol. The predicted molar refractivity (Wildman–Crippen MR) is 135 cm³/mol. The summed E-state index contributed by atoms with van der Waals surface area (Å²) in [5.41, 5.74) is 6.07. The Balaban J connectivity index is 1.51. The first-order valence-electron chi connectivity index (χ1n) is 12.9. The highest BCUT2D eigenvalue weighted by atomic mass is 16.8. The highest BCUT2D eigenvalue weighted by molar-refractivity contribution is 5.81. The zero-order valence-electron chi connectivity index (χ0n) is 20.8. The molecule has 0 amide bonds. The second-order valence-corrected chi connectivity index (χ2v) is 10.7. The molecule has 4 nitrogen and oxygen atoms in total. The summed E-state index contributed by atoms with van der Waals surface area (Å²) in [5.74, 6) is 3.48. The van der Waals surface area contributed by atoms with Crippen molar-refractivity contribution in [1.29, 1.82) is 0 Å². The van der Waals surface area contributed by atoms with E-state index < -0.39 is 6.48 Å². The Morgan fingerprint density at radius 2 is 1.68 bits per heavy atom. The fourth-order valence-corrected chi connectivity index (χ4v) is 7.18. The van der Waals surface area contributed by atoms with Crippen LogP contribution in [0.25, 0.3) is 11.6 Å². The molecule has 6 rings (SSSR count). The van der Waals surface area contributed by atoms with Gasteiger partial charge in [0.15, 0.2) is 0 Å². The molecular formula is C30H38O4. The van der Waals surface area contributed by atoms with Gasteiger partial charge in [-0.25, -0.2) is 0 Å². The van der Waals surface area contributed by atoms with Crippen molar-refractivity contribution in [2.24, 2.45) is 17.8 Å². The lowest BCUT2D eigenvalue weighted by molar-refractivity contribution is -0.231. The lowest BCUT2D eigenvalue weighted by atomic mass is 9.48. The molecule has 0 spiro atoms. The van der Waals surface area contributed by atoms with Crippen LogP contribution >= 0.6 is 0 Å². The molecular weight excluding hydrogens is 424 g/mol. The molecule has 0 saturated heterocycles. The molecule has 4 aliphatic carbocycles.